The predicted molar refractivity (Wildman–Crippen MR) is 97.5 cm³/mol. The maximum atomic E-state index is 12.3. The van der Waals surface area contributed by atoms with Gasteiger partial charge in [0.05, 0.1) is 5.60 Å². The highest BCUT2D eigenvalue weighted by molar-refractivity contribution is 7.99. The van der Waals surface area contributed by atoms with Crippen LogP contribution in [0.2, 0.25) is 0 Å². The molecule has 0 radical (unpaired) electrons. The van der Waals surface area contributed by atoms with Gasteiger partial charge in [0, 0.05) is 24.4 Å². The third-order valence-corrected chi connectivity index (χ3v) is 6.86. The molecule has 4 nitrogen and oxygen atoms in total. The number of ether oxygens (including phenoxy) is 1. The van der Waals surface area contributed by atoms with Crippen molar-refractivity contribution in [2.75, 3.05) is 18.1 Å². The Labute approximate surface area is 148 Å². The lowest BCUT2D eigenvalue weighted by Gasteiger charge is -2.39. The van der Waals surface area contributed by atoms with E-state index < -0.39 is 0 Å². The van der Waals surface area contributed by atoms with E-state index in [2.05, 4.69) is 41.0 Å². The van der Waals surface area contributed by atoms with Crippen molar-refractivity contribution in [2.24, 2.45) is 0 Å². The Morgan fingerprint density at radius 1 is 1.17 bits per heavy atom. The van der Waals surface area contributed by atoms with Crippen molar-refractivity contribution in [3.8, 4) is 0 Å². The SMILES string of the molecule is O=C(NC1CC(c2ccccc2)C1)N[C@@H]1CCO[C@]2(CCSC2)C1. The number of rotatable bonds is 3. The van der Waals surface area contributed by atoms with E-state index in [-0.39, 0.29) is 17.7 Å². The second-order valence-electron chi connectivity index (χ2n) is 7.42. The van der Waals surface area contributed by atoms with Crippen LogP contribution in [0.3, 0.4) is 0 Å². The van der Waals surface area contributed by atoms with Crippen molar-refractivity contribution in [3.63, 3.8) is 0 Å². The zero-order valence-corrected chi connectivity index (χ0v) is 14.8. The van der Waals surface area contributed by atoms with Gasteiger partial charge in [-0.2, -0.15) is 11.8 Å². The molecule has 0 unspecified atom stereocenters. The summed E-state index contributed by atoms with van der Waals surface area (Å²) in [7, 11) is 0. The highest BCUT2D eigenvalue weighted by Gasteiger charge is 2.41. The Morgan fingerprint density at radius 3 is 2.71 bits per heavy atom. The standard InChI is InChI=1S/C19H26N2O2S/c22-18(20-16-6-8-23-19(12-16)7-9-24-13-19)21-17-10-15(11-17)14-4-2-1-3-5-14/h1-5,15-17H,6-13H2,(H2,20,21,22)/t15?,16-,17?,19-/m1/s1. The van der Waals surface area contributed by atoms with Crippen LogP contribution < -0.4 is 10.6 Å². The number of hydrogen-bond acceptors (Lipinski definition) is 3. The van der Waals surface area contributed by atoms with Gasteiger partial charge in [-0.05, 0) is 49.3 Å². The molecule has 1 aliphatic carbocycles. The first kappa shape index (κ1) is 16.3. The molecule has 2 heterocycles. The average Bonchev–Trinajstić information content (AvgIpc) is 2.99. The van der Waals surface area contributed by atoms with E-state index in [4.69, 9.17) is 4.74 Å². The summed E-state index contributed by atoms with van der Waals surface area (Å²) in [5.74, 6) is 2.86. The van der Waals surface area contributed by atoms with Crippen LogP contribution in [0.15, 0.2) is 30.3 Å². The number of amides is 2. The van der Waals surface area contributed by atoms with Crippen LogP contribution in [-0.4, -0.2) is 41.8 Å². The zero-order valence-electron chi connectivity index (χ0n) is 14.0. The maximum Gasteiger partial charge on any atom is 0.315 e. The largest absolute Gasteiger partial charge is 0.374 e. The number of nitrogens with one attached hydrogen (secondary N) is 2. The fourth-order valence-electron chi connectivity index (χ4n) is 4.16. The quantitative estimate of drug-likeness (QED) is 0.883. The smallest absolute Gasteiger partial charge is 0.315 e. The van der Waals surface area contributed by atoms with Gasteiger partial charge in [-0.25, -0.2) is 4.79 Å². The Balaban J connectivity index is 1.22. The first-order valence-electron chi connectivity index (χ1n) is 9.06. The second kappa shape index (κ2) is 6.96. The molecule has 24 heavy (non-hydrogen) atoms. The van der Waals surface area contributed by atoms with E-state index in [9.17, 15) is 4.79 Å². The fourth-order valence-corrected chi connectivity index (χ4v) is 5.54. The first-order chi connectivity index (χ1) is 11.7. The molecule has 0 aromatic heterocycles. The summed E-state index contributed by atoms with van der Waals surface area (Å²) in [5, 5.41) is 6.33. The van der Waals surface area contributed by atoms with Crippen molar-refractivity contribution in [1.29, 1.82) is 0 Å². The van der Waals surface area contributed by atoms with Crippen LogP contribution >= 0.6 is 11.8 Å². The molecule has 2 atom stereocenters. The molecule has 4 rings (SSSR count). The topological polar surface area (TPSA) is 50.4 Å². The number of thioether (sulfide) groups is 1. The van der Waals surface area contributed by atoms with Gasteiger partial charge in [-0.15, -0.1) is 0 Å². The van der Waals surface area contributed by atoms with E-state index in [1.54, 1.807) is 0 Å². The van der Waals surface area contributed by atoms with E-state index >= 15 is 0 Å². The number of urea groups is 1. The van der Waals surface area contributed by atoms with Crippen LogP contribution in [0.1, 0.15) is 43.6 Å². The van der Waals surface area contributed by atoms with E-state index in [1.165, 1.54) is 11.3 Å². The van der Waals surface area contributed by atoms with Gasteiger partial charge in [0.25, 0.3) is 0 Å². The lowest BCUT2D eigenvalue weighted by Crippen LogP contribution is -2.54. The highest BCUT2D eigenvalue weighted by Crippen LogP contribution is 2.38. The van der Waals surface area contributed by atoms with Crippen LogP contribution in [0.25, 0.3) is 0 Å². The lowest BCUT2D eigenvalue weighted by atomic mass is 9.76. The molecule has 1 saturated carbocycles. The van der Waals surface area contributed by atoms with Gasteiger partial charge in [0.2, 0.25) is 0 Å². The van der Waals surface area contributed by atoms with Gasteiger partial charge in [-0.3, -0.25) is 0 Å². The predicted octanol–water partition coefficient (Wildman–Crippen LogP) is 3.29. The number of hydrogen-bond donors (Lipinski definition) is 2. The molecular formula is C19H26N2O2S. The zero-order chi connectivity index (χ0) is 16.4. The summed E-state index contributed by atoms with van der Waals surface area (Å²) in [6.45, 7) is 0.769. The van der Waals surface area contributed by atoms with Crippen LogP contribution in [0, 0.1) is 0 Å². The molecule has 2 aliphatic heterocycles. The third-order valence-electron chi connectivity index (χ3n) is 5.64. The molecule has 5 heteroatoms. The third kappa shape index (κ3) is 3.57. The van der Waals surface area contributed by atoms with Gasteiger partial charge in [0.1, 0.15) is 0 Å². The minimum absolute atomic E-state index is 0.000730. The normalized spacial score (nSPS) is 35.4. The molecule has 3 aliphatic rings. The summed E-state index contributed by atoms with van der Waals surface area (Å²) in [5.41, 5.74) is 1.41. The Kier molecular flexibility index (Phi) is 4.72. The number of carbonyl (C=O) groups is 1. The van der Waals surface area contributed by atoms with E-state index in [1.807, 2.05) is 11.8 Å². The molecule has 2 saturated heterocycles. The van der Waals surface area contributed by atoms with Crippen LogP contribution in [0.4, 0.5) is 4.79 Å². The Hall–Kier alpha value is -1.20. The van der Waals surface area contributed by atoms with Gasteiger partial charge in [0.15, 0.2) is 0 Å². The minimum atomic E-state index is -0.000730. The summed E-state index contributed by atoms with van der Waals surface area (Å²) < 4.78 is 6.02. The molecule has 0 bridgehead atoms. The molecule has 1 aromatic carbocycles. The number of carbonyl (C=O) groups excluding carboxylic acids is 1. The molecule has 3 fully saturated rings. The Morgan fingerprint density at radius 2 is 1.96 bits per heavy atom. The fraction of sp³-hybridized carbons (Fsp3) is 0.632. The van der Waals surface area contributed by atoms with Gasteiger partial charge < -0.3 is 15.4 Å². The molecular weight excluding hydrogens is 320 g/mol. The summed E-state index contributed by atoms with van der Waals surface area (Å²) in [6.07, 6.45) is 5.11. The van der Waals surface area contributed by atoms with Crippen LogP contribution in [-0.2, 0) is 4.74 Å². The van der Waals surface area contributed by atoms with Gasteiger partial charge >= 0.3 is 6.03 Å². The summed E-state index contributed by atoms with van der Waals surface area (Å²) in [6, 6.07) is 11.2. The lowest BCUT2D eigenvalue weighted by molar-refractivity contribution is -0.0685. The van der Waals surface area contributed by atoms with Crippen LogP contribution in [0.5, 0.6) is 0 Å². The molecule has 2 amide bonds. The van der Waals surface area contributed by atoms with E-state index in [0.717, 1.165) is 44.5 Å². The monoisotopic (exact) mass is 346 g/mol. The highest BCUT2D eigenvalue weighted by atomic mass is 32.2. The van der Waals surface area contributed by atoms with Gasteiger partial charge in [-0.1, -0.05) is 30.3 Å². The first-order valence-corrected chi connectivity index (χ1v) is 10.2. The van der Waals surface area contributed by atoms with E-state index in [0.29, 0.717) is 12.0 Å². The summed E-state index contributed by atoms with van der Waals surface area (Å²) >= 11 is 1.97. The maximum absolute atomic E-state index is 12.3. The van der Waals surface area contributed by atoms with Crippen molar-refractivity contribution >= 4 is 17.8 Å². The molecule has 1 aromatic rings. The molecule has 2 N–H and O–H groups in total. The minimum Gasteiger partial charge on any atom is -0.374 e. The average molecular weight is 346 g/mol. The Bertz CT molecular complexity index is 568. The number of benzene rings is 1. The van der Waals surface area contributed by atoms with Crippen molar-refractivity contribution in [2.45, 2.75) is 55.7 Å². The van der Waals surface area contributed by atoms with Crippen molar-refractivity contribution in [1.82, 2.24) is 10.6 Å². The summed E-state index contributed by atoms with van der Waals surface area (Å²) in [4.78, 5) is 12.3. The van der Waals surface area contributed by atoms with Crippen molar-refractivity contribution < 1.29 is 9.53 Å². The molecule has 130 valence electrons. The van der Waals surface area contributed by atoms with Crippen molar-refractivity contribution in [3.05, 3.63) is 35.9 Å². The molecule has 1 spiro atoms. The second-order valence-corrected chi connectivity index (χ2v) is 8.52.